The Labute approximate surface area is 155 Å². The van der Waals surface area contributed by atoms with Crippen LogP contribution in [0.1, 0.15) is 31.2 Å². The molecule has 2 heterocycles. The van der Waals surface area contributed by atoms with Crippen LogP contribution in [0.3, 0.4) is 0 Å². The first kappa shape index (κ1) is 18.7. The highest BCUT2D eigenvalue weighted by Gasteiger charge is 2.34. The van der Waals surface area contributed by atoms with E-state index < -0.39 is 0 Å². The first-order chi connectivity index (χ1) is 12.6. The van der Waals surface area contributed by atoms with Gasteiger partial charge in [-0.1, -0.05) is 18.2 Å². The van der Waals surface area contributed by atoms with E-state index in [9.17, 15) is 9.59 Å². The number of ether oxygens (including phenoxy) is 2. The molecule has 142 valence electrons. The van der Waals surface area contributed by atoms with Gasteiger partial charge in [-0.25, -0.2) is 0 Å². The molecule has 2 amide bonds. The summed E-state index contributed by atoms with van der Waals surface area (Å²) in [7, 11) is 3.36. The summed E-state index contributed by atoms with van der Waals surface area (Å²) in [5.41, 5.74) is 0.970. The van der Waals surface area contributed by atoms with Gasteiger partial charge in [-0.15, -0.1) is 0 Å². The summed E-state index contributed by atoms with van der Waals surface area (Å²) >= 11 is 0. The molecule has 2 saturated heterocycles. The number of amides is 2. The number of piperidine rings is 2. The fourth-order valence-corrected chi connectivity index (χ4v) is 3.88. The molecule has 3 rings (SSSR count). The number of nitrogens with zero attached hydrogens (tertiary/aromatic N) is 2. The number of likely N-dealkylation sites (tertiary alicyclic amines) is 2. The van der Waals surface area contributed by atoms with Gasteiger partial charge in [-0.3, -0.25) is 9.59 Å². The largest absolute Gasteiger partial charge is 0.496 e. The van der Waals surface area contributed by atoms with Crippen molar-refractivity contribution < 1.29 is 19.1 Å². The maximum absolute atomic E-state index is 12.9. The Balaban J connectivity index is 1.62. The molecular weight excluding hydrogens is 332 g/mol. The first-order valence-electron chi connectivity index (χ1n) is 9.33. The molecule has 0 bridgehead atoms. The molecule has 0 aromatic heterocycles. The Bertz CT molecular complexity index is 640. The van der Waals surface area contributed by atoms with Gasteiger partial charge in [-0.05, 0) is 25.3 Å². The van der Waals surface area contributed by atoms with Gasteiger partial charge in [0.05, 0.1) is 19.1 Å². The molecule has 2 fully saturated rings. The standard InChI is InChI=1S/C20H28N2O4/c1-25-17-9-11-21(12-10-17)20(24)16-7-8-19(23)22(14-16)13-15-5-3-4-6-18(15)26-2/h3-6,16-17H,7-14H2,1-2H3/t16-/m1/s1. The second kappa shape index (κ2) is 8.54. The first-order valence-corrected chi connectivity index (χ1v) is 9.33. The van der Waals surface area contributed by atoms with E-state index >= 15 is 0 Å². The summed E-state index contributed by atoms with van der Waals surface area (Å²) in [5.74, 6) is 0.951. The highest BCUT2D eigenvalue weighted by molar-refractivity contribution is 5.84. The zero-order valence-electron chi connectivity index (χ0n) is 15.6. The van der Waals surface area contributed by atoms with Crippen molar-refractivity contribution >= 4 is 11.8 Å². The number of carbonyl (C=O) groups is 2. The average Bonchev–Trinajstić information content (AvgIpc) is 2.69. The van der Waals surface area contributed by atoms with E-state index in [4.69, 9.17) is 9.47 Å². The lowest BCUT2D eigenvalue weighted by molar-refractivity contribution is -0.145. The minimum Gasteiger partial charge on any atom is -0.496 e. The number of para-hydroxylation sites is 1. The van der Waals surface area contributed by atoms with Crippen molar-refractivity contribution in [2.75, 3.05) is 33.9 Å². The van der Waals surface area contributed by atoms with Crippen LogP contribution in [0.25, 0.3) is 0 Å². The van der Waals surface area contributed by atoms with E-state index in [-0.39, 0.29) is 23.8 Å². The minimum atomic E-state index is -0.110. The van der Waals surface area contributed by atoms with Crippen molar-refractivity contribution in [2.45, 2.75) is 38.3 Å². The molecule has 0 saturated carbocycles. The SMILES string of the molecule is COc1ccccc1CN1C[C@H](C(=O)N2CCC(OC)CC2)CCC1=O. The number of benzene rings is 1. The van der Waals surface area contributed by atoms with E-state index in [0.29, 0.717) is 25.9 Å². The number of hydrogen-bond donors (Lipinski definition) is 0. The lowest BCUT2D eigenvalue weighted by Crippen LogP contribution is -2.49. The Kier molecular flexibility index (Phi) is 6.14. The third kappa shape index (κ3) is 4.18. The second-order valence-corrected chi connectivity index (χ2v) is 7.08. The lowest BCUT2D eigenvalue weighted by Gasteiger charge is -2.37. The maximum atomic E-state index is 12.9. The number of rotatable bonds is 5. The van der Waals surface area contributed by atoms with E-state index in [1.165, 1.54) is 0 Å². The zero-order valence-corrected chi connectivity index (χ0v) is 15.6. The van der Waals surface area contributed by atoms with Gasteiger partial charge >= 0.3 is 0 Å². The van der Waals surface area contributed by atoms with Crippen molar-refractivity contribution in [3.05, 3.63) is 29.8 Å². The van der Waals surface area contributed by atoms with E-state index in [0.717, 1.165) is 37.2 Å². The van der Waals surface area contributed by atoms with Crippen LogP contribution < -0.4 is 4.74 Å². The van der Waals surface area contributed by atoms with Crippen molar-refractivity contribution in [3.8, 4) is 5.75 Å². The molecule has 2 aliphatic rings. The third-order valence-corrected chi connectivity index (χ3v) is 5.49. The quantitative estimate of drug-likeness (QED) is 0.807. The summed E-state index contributed by atoms with van der Waals surface area (Å²) in [6.07, 6.45) is 3.11. The predicted molar refractivity (Wildman–Crippen MR) is 97.7 cm³/mol. The molecule has 0 radical (unpaired) electrons. The summed E-state index contributed by atoms with van der Waals surface area (Å²) < 4.78 is 10.8. The van der Waals surface area contributed by atoms with Gasteiger partial charge in [0, 0.05) is 45.3 Å². The fourth-order valence-electron chi connectivity index (χ4n) is 3.88. The molecule has 1 atom stereocenters. The van der Waals surface area contributed by atoms with Crippen LogP contribution in [-0.2, 0) is 20.9 Å². The van der Waals surface area contributed by atoms with Crippen molar-refractivity contribution in [1.29, 1.82) is 0 Å². The molecule has 26 heavy (non-hydrogen) atoms. The third-order valence-electron chi connectivity index (χ3n) is 5.49. The molecule has 6 nitrogen and oxygen atoms in total. The van der Waals surface area contributed by atoms with Crippen LogP contribution in [-0.4, -0.2) is 61.6 Å². The lowest BCUT2D eigenvalue weighted by atomic mass is 9.94. The van der Waals surface area contributed by atoms with Crippen LogP contribution >= 0.6 is 0 Å². The fraction of sp³-hybridized carbons (Fsp3) is 0.600. The smallest absolute Gasteiger partial charge is 0.227 e. The second-order valence-electron chi connectivity index (χ2n) is 7.08. The van der Waals surface area contributed by atoms with E-state index in [2.05, 4.69) is 0 Å². The molecule has 2 aliphatic heterocycles. The molecule has 6 heteroatoms. The van der Waals surface area contributed by atoms with Gasteiger partial charge in [-0.2, -0.15) is 0 Å². The summed E-state index contributed by atoms with van der Waals surface area (Å²) in [5, 5.41) is 0. The molecule has 1 aromatic rings. The maximum Gasteiger partial charge on any atom is 0.227 e. The normalized spacial score (nSPS) is 21.8. The van der Waals surface area contributed by atoms with Gasteiger partial charge < -0.3 is 19.3 Å². The molecule has 0 aliphatic carbocycles. The predicted octanol–water partition coefficient (Wildman–Crippen LogP) is 2.07. The molecule has 0 unspecified atom stereocenters. The van der Waals surface area contributed by atoms with Gasteiger partial charge in [0.2, 0.25) is 11.8 Å². The van der Waals surface area contributed by atoms with Crippen LogP contribution in [0.2, 0.25) is 0 Å². The van der Waals surface area contributed by atoms with Crippen molar-refractivity contribution in [1.82, 2.24) is 9.80 Å². The van der Waals surface area contributed by atoms with Crippen molar-refractivity contribution in [3.63, 3.8) is 0 Å². The molecule has 0 N–H and O–H groups in total. The van der Waals surface area contributed by atoms with E-state index in [1.807, 2.05) is 29.2 Å². The van der Waals surface area contributed by atoms with Gasteiger partial charge in [0.25, 0.3) is 0 Å². The zero-order chi connectivity index (χ0) is 18.5. The Morgan fingerprint density at radius 1 is 1.15 bits per heavy atom. The summed E-state index contributed by atoms with van der Waals surface area (Å²) in [6.45, 7) is 2.46. The Morgan fingerprint density at radius 2 is 1.88 bits per heavy atom. The van der Waals surface area contributed by atoms with Crippen LogP contribution in [0.5, 0.6) is 5.75 Å². The Hall–Kier alpha value is -2.08. The minimum absolute atomic E-state index is 0.109. The van der Waals surface area contributed by atoms with Crippen LogP contribution in [0, 0.1) is 5.92 Å². The van der Waals surface area contributed by atoms with Crippen molar-refractivity contribution in [2.24, 2.45) is 5.92 Å². The molecule has 1 aromatic carbocycles. The summed E-state index contributed by atoms with van der Waals surface area (Å²) in [6, 6.07) is 7.71. The monoisotopic (exact) mass is 360 g/mol. The van der Waals surface area contributed by atoms with E-state index in [1.54, 1.807) is 19.1 Å². The summed E-state index contributed by atoms with van der Waals surface area (Å²) in [4.78, 5) is 29.0. The number of hydrogen-bond acceptors (Lipinski definition) is 4. The molecule has 0 spiro atoms. The van der Waals surface area contributed by atoms with Gasteiger partial charge in [0.15, 0.2) is 0 Å². The highest BCUT2D eigenvalue weighted by Crippen LogP contribution is 2.26. The topological polar surface area (TPSA) is 59.1 Å². The average molecular weight is 360 g/mol. The Morgan fingerprint density at radius 3 is 2.58 bits per heavy atom. The molecular formula is C20H28N2O4. The van der Waals surface area contributed by atoms with Crippen LogP contribution in [0.4, 0.5) is 0 Å². The number of carbonyl (C=O) groups excluding carboxylic acids is 2. The highest BCUT2D eigenvalue weighted by atomic mass is 16.5. The van der Waals surface area contributed by atoms with Crippen LogP contribution in [0.15, 0.2) is 24.3 Å². The van der Waals surface area contributed by atoms with Gasteiger partial charge in [0.1, 0.15) is 5.75 Å². The number of methoxy groups -OCH3 is 2.